The van der Waals surface area contributed by atoms with Crippen LogP contribution in [0.4, 0.5) is 5.95 Å². The number of fused-ring (bicyclic) bond motifs is 2. The van der Waals surface area contributed by atoms with E-state index >= 15 is 0 Å². The Morgan fingerprint density at radius 3 is 2.17 bits per heavy atom. The molecule has 1 aliphatic heterocycles. The lowest BCUT2D eigenvalue weighted by molar-refractivity contribution is 0.0752. The number of nitrogens with zero attached hydrogens (tertiary/aromatic N) is 4. The Labute approximate surface area is 281 Å². The monoisotopic (exact) mass is 661 g/mol. The summed E-state index contributed by atoms with van der Waals surface area (Å²) in [4.78, 5) is 41.1. The van der Waals surface area contributed by atoms with Gasteiger partial charge < -0.3 is 9.80 Å². The minimum absolute atomic E-state index is 0.0264. The SMILES string of the molecule is CCCCN(CCCC)c1nccc(-c2ccc(C(=O)NS(=O)(=O)c3ccc4ccccc4c3)cc2C(=O)N2Cc3ccccc3C2)n1. The predicted molar refractivity (Wildman–Crippen MR) is 188 cm³/mol. The maximum Gasteiger partial charge on any atom is 0.265 e. The van der Waals surface area contributed by atoms with Crippen molar-refractivity contribution in [2.75, 3.05) is 18.0 Å². The second kappa shape index (κ2) is 14.4. The van der Waals surface area contributed by atoms with Crippen molar-refractivity contribution in [3.8, 4) is 11.3 Å². The van der Waals surface area contributed by atoms with Gasteiger partial charge >= 0.3 is 0 Å². The second-order valence-corrected chi connectivity index (χ2v) is 13.8. The normalized spacial score (nSPS) is 12.6. The first-order valence-electron chi connectivity index (χ1n) is 16.4. The molecule has 48 heavy (non-hydrogen) atoms. The summed E-state index contributed by atoms with van der Waals surface area (Å²) in [6.07, 6.45) is 5.78. The molecular formula is C38H39N5O4S. The van der Waals surface area contributed by atoms with E-state index in [-0.39, 0.29) is 21.9 Å². The lowest BCUT2D eigenvalue weighted by atomic mass is 9.99. The average Bonchev–Trinajstić information content (AvgIpc) is 3.55. The Balaban J connectivity index is 1.35. The van der Waals surface area contributed by atoms with Gasteiger partial charge in [0.2, 0.25) is 5.95 Å². The Bertz CT molecular complexity index is 2050. The summed E-state index contributed by atoms with van der Waals surface area (Å²) in [5.41, 5.74) is 3.53. The van der Waals surface area contributed by atoms with Crippen LogP contribution in [0.15, 0.2) is 102 Å². The van der Waals surface area contributed by atoms with E-state index in [0.29, 0.717) is 30.3 Å². The Kier molecular flexibility index (Phi) is 9.82. The molecule has 6 rings (SSSR count). The highest BCUT2D eigenvalue weighted by Gasteiger charge is 2.28. The van der Waals surface area contributed by atoms with Crippen LogP contribution in [0.5, 0.6) is 0 Å². The first-order chi connectivity index (χ1) is 23.3. The summed E-state index contributed by atoms with van der Waals surface area (Å²) in [6, 6.07) is 26.4. The van der Waals surface area contributed by atoms with E-state index in [9.17, 15) is 18.0 Å². The summed E-state index contributed by atoms with van der Waals surface area (Å²) in [7, 11) is -4.20. The smallest absolute Gasteiger partial charge is 0.265 e. The van der Waals surface area contributed by atoms with Crippen molar-refractivity contribution in [1.29, 1.82) is 0 Å². The highest BCUT2D eigenvalue weighted by Crippen LogP contribution is 2.30. The van der Waals surface area contributed by atoms with Crippen LogP contribution in [0.25, 0.3) is 22.0 Å². The van der Waals surface area contributed by atoms with Gasteiger partial charge in [-0.25, -0.2) is 23.1 Å². The number of anilines is 1. The largest absolute Gasteiger partial charge is 0.341 e. The van der Waals surface area contributed by atoms with Crippen LogP contribution in [0, 0.1) is 0 Å². The molecule has 1 aliphatic rings. The summed E-state index contributed by atoms with van der Waals surface area (Å²) >= 11 is 0. The van der Waals surface area contributed by atoms with E-state index in [2.05, 4.69) is 28.5 Å². The van der Waals surface area contributed by atoms with Gasteiger partial charge in [0.05, 0.1) is 10.6 Å². The van der Waals surface area contributed by atoms with Gasteiger partial charge in [0.15, 0.2) is 0 Å². The summed E-state index contributed by atoms with van der Waals surface area (Å²) in [6.45, 7) is 6.80. The number of amides is 2. The maximum absolute atomic E-state index is 14.2. The molecule has 0 fully saturated rings. The fourth-order valence-corrected chi connectivity index (χ4v) is 6.98. The van der Waals surface area contributed by atoms with Crippen LogP contribution in [-0.2, 0) is 23.1 Å². The topological polar surface area (TPSA) is 113 Å². The number of rotatable bonds is 12. The molecule has 9 nitrogen and oxygen atoms in total. The minimum Gasteiger partial charge on any atom is -0.341 e. The summed E-state index contributed by atoms with van der Waals surface area (Å²) in [5.74, 6) is -0.519. The molecule has 1 N–H and O–H groups in total. The quantitative estimate of drug-likeness (QED) is 0.154. The zero-order chi connectivity index (χ0) is 33.7. The number of aromatic nitrogens is 2. The van der Waals surface area contributed by atoms with Crippen molar-refractivity contribution in [1.82, 2.24) is 19.6 Å². The second-order valence-electron chi connectivity index (χ2n) is 12.1. The summed E-state index contributed by atoms with van der Waals surface area (Å²) in [5, 5.41) is 1.63. The highest BCUT2D eigenvalue weighted by atomic mass is 32.2. The Morgan fingerprint density at radius 2 is 1.48 bits per heavy atom. The zero-order valence-electron chi connectivity index (χ0n) is 27.2. The standard InChI is InChI=1S/C38H39N5O4S/c1-3-5-21-42(22-6-4-2)38-39-20-19-35(40-38)33-18-16-29(24-34(33)37(45)43-25-30-13-9-10-14-31(30)26-43)36(44)41-48(46,47)32-17-15-27-11-7-8-12-28(27)23-32/h7-20,23-24H,3-6,21-22,25-26H2,1-2H3,(H,41,44). The molecule has 0 bridgehead atoms. The fourth-order valence-electron chi connectivity index (χ4n) is 5.97. The van der Waals surface area contributed by atoms with Gasteiger partial charge in [0, 0.05) is 49.1 Å². The predicted octanol–water partition coefficient (Wildman–Crippen LogP) is 6.98. The van der Waals surface area contributed by atoms with Crippen molar-refractivity contribution in [3.63, 3.8) is 0 Å². The number of nitrogens with one attached hydrogen (secondary N) is 1. The Morgan fingerprint density at radius 1 is 0.812 bits per heavy atom. The van der Waals surface area contributed by atoms with Crippen LogP contribution in [0.3, 0.4) is 0 Å². The van der Waals surface area contributed by atoms with Crippen molar-refractivity contribution >= 4 is 38.6 Å². The molecule has 10 heteroatoms. The molecule has 0 unspecified atom stereocenters. The number of hydrogen-bond donors (Lipinski definition) is 1. The Hall–Kier alpha value is -5.09. The highest BCUT2D eigenvalue weighted by molar-refractivity contribution is 7.90. The van der Waals surface area contributed by atoms with E-state index < -0.39 is 15.9 Å². The first-order valence-corrected chi connectivity index (χ1v) is 17.9. The van der Waals surface area contributed by atoms with Crippen molar-refractivity contribution in [3.05, 3.63) is 119 Å². The molecule has 0 atom stereocenters. The maximum atomic E-state index is 14.2. The van der Waals surface area contributed by atoms with Gasteiger partial charge in [0.25, 0.3) is 21.8 Å². The number of carbonyl (C=O) groups is 2. The number of hydrogen-bond acceptors (Lipinski definition) is 7. The number of carbonyl (C=O) groups excluding carboxylic acids is 2. The molecular weight excluding hydrogens is 623 g/mol. The molecule has 0 spiro atoms. The van der Waals surface area contributed by atoms with Gasteiger partial charge in [-0.05, 0) is 65.1 Å². The van der Waals surface area contributed by atoms with Crippen LogP contribution in [-0.4, -0.2) is 48.2 Å². The minimum atomic E-state index is -4.20. The van der Waals surface area contributed by atoms with Crippen LogP contribution in [0.2, 0.25) is 0 Å². The summed E-state index contributed by atoms with van der Waals surface area (Å²) < 4.78 is 28.9. The van der Waals surface area contributed by atoms with Crippen LogP contribution >= 0.6 is 0 Å². The third-order valence-electron chi connectivity index (χ3n) is 8.66. The molecule has 4 aromatic carbocycles. The third kappa shape index (κ3) is 7.08. The third-order valence-corrected chi connectivity index (χ3v) is 9.99. The van der Waals surface area contributed by atoms with E-state index in [1.54, 1.807) is 29.3 Å². The number of benzene rings is 4. The van der Waals surface area contributed by atoms with Crippen LogP contribution in [0.1, 0.15) is 71.4 Å². The molecule has 246 valence electrons. The lowest BCUT2D eigenvalue weighted by Crippen LogP contribution is -2.31. The van der Waals surface area contributed by atoms with E-state index in [1.807, 2.05) is 48.5 Å². The zero-order valence-corrected chi connectivity index (χ0v) is 28.0. The van der Waals surface area contributed by atoms with Gasteiger partial charge in [-0.1, -0.05) is 87.4 Å². The van der Waals surface area contributed by atoms with Gasteiger partial charge in [0.1, 0.15) is 0 Å². The number of unbranched alkanes of at least 4 members (excludes halogenated alkanes) is 2. The van der Waals surface area contributed by atoms with Gasteiger partial charge in [-0.2, -0.15) is 0 Å². The van der Waals surface area contributed by atoms with E-state index in [4.69, 9.17) is 4.98 Å². The van der Waals surface area contributed by atoms with Crippen molar-refractivity contribution < 1.29 is 18.0 Å². The molecule has 0 saturated heterocycles. The van der Waals surface area contributed by atoms with E-state index in [1.165, 1.54) is 24.3 Å². The lowest BCUT2D eigenvalue weighted by Gasteiger charge is -2.23. The fraction of sp³-hybridized carbons (Fsp3) is 0.263. The first kappa shape index (κ1) is 32.8. The van der Waals surface area contributed by atoms with Crippen LogP contribution < -0.4 is 9.62 Å². The number of sulfonamides is 1. The molecule has 2 amide bonds. The van der Waals surface area contributed by atoms with E-state index in [0.717, 1.165) is 60.7 Å². The van der Waals surface area contributed by atoms with Crippen molar-refractivity contribution in [2.45, 2.75) is 57.5 Å². The molecule has 0 saturated carbocycles. The van der Waals surface area contributed by atoms with Gasteiger partial charge in [-0.3, -0.25) is 9.59 Å². The van der Waals surface area contributed by atoms with Gasteiger partial charge in [-0.15, -0.1) is 0 Å². The average molecular weight is 662 g/mol. The molecule has 0 aliphatic carbocycles. The molecule has 0 radical (unpaired) electrons. The molecule has 5 aromatic rings. The molecule has 2 heterocycles. The molecule has 1 aromatic heterocycles. The van der Waals surface area contributed by atoms with Crippen molar-refractivity contribution in [2.24, 2.45) is 0 Å².